The lowest BCUT2D eigenvalue weighted by Crippen LogP contribution is -2.10. The Balaban J connectivity index is 1.85. The van der Waals surface area contributed by atoms with E-state index in [1.807, 2.05) is 18.2 Å². The second-order valence-corrected chi connectivity index (χ2v) is 5.84. The molecule has 0 atom stereocenters. The molecule has 0 aliphatic carbocycles. The molecule has 2 heterocycles. The first-order chi connectivity index (χ1) is 10.0. The molecule has 0 fully saturated rings. The van der Waals surface area contributed by atoms with Gasteiger partial charge in [-0.05, 0) is 34.1 Å². The van der Waals surface area contributed by atoms with Gasteiger partial charge in [0.1, 0.15) is 4.92 Å². The van der Waals surface area contributed by atoms with E-state index >= 15 is 0 Å². The van der Waals surface area contributed by atoms with Gasteiger partial charge < -0.3 is 4.42 Å². The van der Waals surface area contributed by atoms with Crippen LogP contribution in [0.25, 0.3) is 10.2 Å². The lowest BCUT2D eigenvalue weighted by molar-refractivity contribution is -0.402. The molecule has 106 valence electrons. The summed E-state index contributed by atoms with van der Waals surface area (Å²) in [5.74, 6) is -1.20. The number of rotatable bonds is 3. The van der Waals surface area contributed by atoms with Crippen LogP contribution in [0, 0.1) is 10.1 Å². The van der Waals surface area contributed by atoms with E-state index in [4.69, 9.17) is 4.42 Å². The number of carbonyl (C=O) groups excluding carboxylic acids is 1. The minimum Gasteiger partial charge on any atom is -0.395 e. The molecule has 0 saturated heterocycles. The topological polar surface area (TPSA) is 98.3 Å². The average Bonchev–Trinajstić information content (AvgIpc) is 3.05. The van der Waals surface area contributed by atoms with Crippen LogP contribution in [-0.2, 0) is 0 Å². The molecule has 1 N–H and O–H groups in total. The fraction of sp³-hybridized carbons (Fsp3) is 0. The number of fused-ring (bicyclic) bond motifs is 1. The third kappa shape index (κ3) is 2.65. The Labute approximate surface area is 129 Å². The Morgan fingerprint density at radius 2 is 2.19 bits per heavy atom. The van der Waals surface area contributed by atoms with Crippen LogP contribution in [0.4, 0.5) is 11.0 Å². The number of halogens is 1. The second-order valence-electron chi connectivity index (χ2n) is 3.95. The van der Waals surface area contributed by atoms with Gasteiger partial charge in [0, 0.05) is 4.47 Å². The van der Waals surface area contributed by atoms with Gasteiger partial charge >= 0.3 is 5.88 Å². The number of hydrogen-bond donors (Lipinski definition) is 1. The smallest absolute Gasteiger partial charge is 0.395 e. The van der Waals surface area contributed by atoms with E-state index in [0.717, 1.165) is 20.8 Å². The number of hydrogen-bond acceptors (Lipinski definition) is 6. The molecule has 0 unspecified atom stereocenters. The van der Waals surface area contributed by atoms with Crippen molar-refractivity contribution in [1.29, 1.82) is 0 Å². The number of nitrogens with zero attached hydrogens (tertiary/aromatic N) is 2. The highest BCUT2D eigenvalue weighted by atomic mass is 79.9. The van der Waals surface area contributed by atoms with Crippen molar-refractivity contribution >= 4 is 54.4 Å². The van der Waals surface area contributed by atoms with Gasteiger partial charge in [-0.15, -0.1) is 0 Å². The summed E-state index contributed by atoms with van der Waals surface area (Å²) in [6, 6.07) is 7.97. The molecule has 0 radical (unpaired) electrons. The first kappa shape index (κ1) is 13.7. The molecule has 7 nitrogen and oxygen atoms in total. The van der Waals surface area contributed by atoms with Crippen molar-refractivity contribution in [2.45, 2.75) is 0 Å². The maximum absolute atomic E-state index is 11.9. The Kier molecular flexibility index (Phi) is 3.43. The maximum atomic E-state index is 11.9. The Bertz CT molecular complexity index is 857. The van der Waals surface area contributed by atoms with Gasteiger partial charge in [-0.25, -0.2) is 4.98 Å². The van der Waals surface area contributed by atoms with Gasteiger partial charge in [-0.1, -0.05) is 17.4 Å². The highest BCUT2D eigenvalue weighted by Crippen LogP contribution is 2.31. The summed E-state index contributed by atoms with van der Waals surface area (Å²) in [6.45, 7) is 0. The van der Waals surface area contributed by atoms with E-state index in [1.54, 1.807) is 0 Å². The van der Waals surface area contributed by atoms with Gasteiger partial charge in [0.05, 0.1) is 16.3 Å². The highest BCUT2D eigenvalue weighted by molar-refractivity contribution is 9.10. The van der Waals surface area contributed by atoms with Crippen molar-refractivity contribution in [1.82, 2.24) is 4.98 Å². The highest BCUT2D eigenvalue weighted by Gasteiger charge is 2.18. The molecule has 3 aromatic rings. The van der Waals surface area contributed by atoms with Crippen LogP contribution < -0.4 is 5.32 Å². The Morgan fingerprint density at radius 1 is 1.38 bits per heavy atom. The van der Waals surface area contributed by atoms with Gasteiger partial charge in [0.15, 0.2) is 10.9 Å². The predicted molar refractivity (Wildman–Crippen MR) is 80.6 cm³/mol. The van der Waals surface area contributed by atoms with E-state index in [-0.39, 0.29) is 5.76 Å². The molecule has 21 heavy (non-hydrogen) atoms. The van der Waals surface area contributed by atoms with Crippen molar-refractivity contribution < 1.29 is 14.1 Å². The summed E-state index contributed by atoms with van der Waals surface area (Å²) in [7, 11) is 0. The fourth-order valence-corrected chi connectivity index (χ4v) is 3.15. The first-order valence-corrected chi connectivity index (χ1v) is 7.26. The first-order valence-electron chi connectivity index (χ1n) is 5.65. The van der Waals surface area contributed by atoms with Crippen LogP contribution in [-0.4, -0.2) is 15.8 Å². The van der Waals surface area contributed by atoms with E-state index < -0.39 is 16.7 Å². The largest absolute Gasteiger partial charge is 0.433 e. The molecule has 0 spiro atoms. The van der Waals surface area contributed by atoms with Crippen LogP contribution in [0.5, 0.6) is 0 Å². The standard InChI is InChI=1S/C12H6BrN3O4S/c13-6-2-1-3-8-10(6)14-12(21-8)15-11(17)7-4-5-9(20-7)16(18)19/h1-5H,(H,14,15,17). The Morgan fingerprint density at radius 3 is 2.86 bits per heavy atom. The number of nitro groups is 1. The Hall–Kier alpha value is -2.26. The molecule has 0 aliphatic heterocycles. The predicted octanol–water partition coefficient (Wildman–Crippen LogP) is 3.81. The van der Waals surface area contributed by atoms with Gasteiger partial charge in [-0.3, -0.25) is 20.2 Å². The average molecular weight is 368 g/mol. The van der Waals surface area contributed by atoms with Gasteiger partial charge in [-0.2, -0.15) is 0 Å². The third-order valence-corrected chi connectivity index (χ3v) is 4.16. The van der Waals surface area contributed by atoms with E-state index in [1.165, 1.54) is 17.4 Å². The lowest BCUT2D eigenvalue weighted by Gasteiger charge is -1.96. The SMILES string of the molecule is O=C(Nc1nc2c(Br)cccc2s1)c1ccc([N+](=O)[O-])o1. The molecular weight excluding hydrogens is 362 g/mol. The van der Waals surface area contributed by atoms with Crippen LogP contribution in [0.15, 0.2) is 39.2 Å². The number of amides is 1. The number of furan rings is 1. The number of aromatic nitrogens is 1. The molecule has 0 bridgehead atoms. The normalized spacial score (nSPS) is 10.7. The number of benzene rings is 1. The fourth-order valence-electron chi connectivity index (χ4n) is 1.67. The third-order valence-electron chi connectivity index (χ3n) is 2.59. The van der Waals surface area contributed by atoms with E-state index in [9.17, 15) is 14.9 Å². The van der Waals surface area contributed by atoms with Crippen molar-refractivity contribution in [3.05, 3.63) is 50.7 Å². The summed E-state index contributed by atoms with van der Waals surface area (Å²) < 4.78 is 6.57. The molecule has 9 heteroatoms. The number of thiazole rings is 1. The zero-order valence-corrected chi connectivity index (χ0v) is 12.6. The van der Waals surface area contributed by atoms with Crippen molar-refractivity contribution in [3.63, 3.8) is 0 Å². The number of carbonyl (C=O) groups is 1. The van der Waals surface area contributed by atoms with Crippen LogP contribution in [0.2, 0.25) is 0 Å². The number of para-hydroxylation sites is 1. The van der Waals surface area contributed by atoms with Crippen LogP contribution >= 0.6 is 27.3 Å². The van der Waals surface area contributed by atoms with Gasteiger partial charge in [0.2, 0.25) is 0 Å². The molecule has 0 aliphatic rings. The number of nitrogens with one attached hydrogen (secondary N) is 1. The molecule has 3 rings (SSSR count). The minimum absolute atomic E-state index is 0.139. The molecule has 2 aromatic heterocycles. The summed E-state index contributed by atoms with van der Waals surface area (Å²) in [6.07, 6.45) is 0. The lowest BCUT2D eigenvalue weighted by atomic mass is 10.3. The van der Waals surface area contributed by atoms with Crippen LogP contribution in [0.3, 0.4) is 0 Å². The van der Waals surface area contributed by atoms with E-state index in [0.29, 0.717) is 5.13 Å². The summed E-state index contributed by atoms with van der Waals surface area (Å²) in [5.41, 5.74) is 0.739. The summed E-state index contributed by atoms with van der Waals surface area (Å²) >= 11 is 4.68. The molecule has 1 amide bonds. The number of anilines is 1. The maximum Gasteiger partial charge on any atom is 0.433 e. The minimum atomic E-state index is -0.703. The summed E-state index contributed by atoms with van der Waals surface area (Å²) in [5, 5.41) is 13.5. The van der Waals surface area contributed by atoms with Crippen LogP contribution in [0.1, 0.15) is 10.6 Å². The zero-order valence-electron chi connectivity index (χ0n) is 10.2. The molecular formula is C12H6BrN3O4S. The molecule has 1 aromatic carbocycles. The zero-order chi connectivity index (χ0) is 15.0. The van der Waals surface area contributed by atoms with Crippen molar-refractivity contribution in [3.8, 4) is 0 Å². The monoisotopic (exact) mass is 367 g/mol. The van der Waals surface area contributed by atoms with Crippen molar-refractivity contribution in [2.75, 3.05) is 5.32 Å². The quantitative estimate of drug-likeness (QED) is 0.560. The van der Waals surface area contributed by atoms with Crippen molar-refractivity contribution in [2.24, 2.45) is 0 Å². The van der Waals surface area contributed by atoms with E-state index in [2.05, 4.69) is 26.2 Å². The summed E-state index contributed by atoms with van der Waals surface area (Å²) in [4.78, 5) is 26.0. The molecule has 0 saturated carbocycles. The second kappa shape index (κ2) is 5.26. The van der Waals surface area contributed by atoms with Gasteiger partial charge in [0.25, 0.3) is 5.91 Å².